The lowest BCUT2D eigenvalue weighted by Crippen LogP contribution is -2.39. The summed E-state index contributed by atoms with van der Waals surface area (Å²) >= 11 is 0. The average Bonchev–Trinajstić information content (AvgIpc) is 3.39. The SMILES string of the molecule is COc1cccc(N2C(=O)[C@H]3[C@H](C2=O)C3(c2ccccc2)c2ccccc2)c1. The molecule has 2 fully saturated rings. The fraction of sp³-hybridized carbons (Fsp3) is 0.167. The van der Waals surface area contributed by atoms with Crippen LogP contribution in [0.3, 0.4) is 0 Å². The first-order valence-corrected chi connectivity index (χ1v) is 9.32. The van der Waals surface area contributed by atoms with Crippen molar-refractivity contribution in [2.24, 2.45) is 11.8 Å². The molecule has 2 aliphatic rings. The summed E-state index contributed by atoms with van der Waals surface area (Å²) in [5, 5.41) is 0. The summed E-state index contributed by atoms with van der Waals surface area (Å²) in [7, 11) is 1.57. The van der Waals surface area contributed by atoms with Gasteiger partial charge in [-0.1, -0.05) is 66.7 Å². The predicted octanol–water partition coefficient (Wildman–Crippen LogP) is 3.80. The van der Waals surface area contributed by atoms with Crippen LogP contribution >= 0.6 is 0 Å². The van der Waals surface area contributed by atoms with Gasteiger partial charge < -0.3 is 4.74 Å². The topological polar surface area (TPSA) is 46.6 Å². The number of piperidine rings is 1. The van der Waals surface area contributed by atoms with Crippen molar-refractivity contribution in [1.29, 1.82) is 0 Å². The molecule has 28 heavy (non-hydrogen) atoms. The Balaban J connectivity index is 1.60. The number of anilines is 1. The molecule has 4 nitrogen and oxygen atoms in total. The van der Waals surface area contributed by atoms with Crippen LogP contribution in [0.4, 0.5) is 5.69 Å². The van der Waals surface area contributed by atoms with Gasteiger partial charge in [-0.05, 0) is 23.3 Å². The average molecular weight is 369 g/mol. The Morgan fingerprint density at radius 3 is 1.79 bits per heavy atom. The van der Waals surface area contributed by atoms with Crippen molar-refractivity contribution in [3.05, 3.63) is 96.1 Å². The molecule has 3 aromatic carbocycles. The van der Waals surface area contributed by atoms with Gasteiger partial charge in [-0.15, -0.1) is 0 Å². The van der Waals surface area contributed by atoms with Crippen molar-refractivity contribution in [3.8, 4) is 5.75 Å². The maximum Gasteiger partial charge on any atom is 0.239 e. The van der Waals surface area contributed by atoms with Gasteiger partial charge >= 0.3 is 0 Å². The lowest BCUT2D eigenvalue weighted by Gasteiger charge is -2.26. The van der Waals surface area contributed by atoms with Crippen LogP contribution in [0.1, 0.15) is 11.1 Å². The Labute approximate surface area is 163 Å². The minimum Gasteiger partial charge on any atom is -0.497 e. The maximum atomic E-state index is 13.4. The standard InChI is InChI=1S/C24H19NO3/c1-28-19-14-8-13-18(15-19)25-22(26)20-21(23(25)27)24(20,16-9-4-2-5-10-16)17-11-6-3-7-12-17/h2-15,20-21H,1H3/t20-,21-/m1/s1. The van der Waals surface area contributed by atoms with Gasteiger partial charge in [-0.3, -0.25) is 9.59 Å². The number of hydrogen-bond acceptors (Lipinski definition) is 3. The largest absolute Gasteiger partial charge is 0.497 e. The molecule has 2 atom stereocenters. The van der Waals surface area contributed by atoms with E-state index in [-0.39, 0.29) is 23.7 Å². The number of carbonyl (C=O) groups excluding carboxylic acids is 2. The molecular formula is C24H19NO3. The molecule has 0 radical (unpaired) electrons. The highest BCUT2D eigenvalue weighted by molar-refractivity contribution is 6.27. The Morgan fingerprint density at radius 2 is 1.29 bits per heavy atom. The van der Waals surface area contributed by atoms with Crippen molar-refractivity contribution in [2.45, 2.75) is 5.41 Å². The van der Waals surface area contributed by atoms with Crippen LogP contribution in [-0.2, 0) is 15.0 Å². The molecule has 1 aliphatic carbocycles. The summed E-state index contributed by atoms with van der Waals surface area (Å²) in [6, 6.07) is 26.9. The van der Waals surface area contributed by atoms with E-state index in [1.54, 1.807) is 31.4 Å². The first kappa shape index (κ1) is 16.8. The number of fused-ring (bicyclic) bond motifs is 1. The van der Waals surface area contributed by atoms with Crippen LogP contribution in [0, 0.1) is 11.8 Å². The van der Waals surface area contributed by atoms with Crippen LogP contribution in [0.2, 0.25) is 0 Å². The number of amides is 2. The molecule has 0 N–H and O–H groups in total. The Bertz CT molecular complexity index is 998. The van der Waals surface area contributed by atoms with Crippen LogP contribution in [0.15, 0.2) is 84.9 Å². The summed E-state index contributed by atoms with van der Waals surface area (Å²) in [6.07, 6.45) is 0. The van der Waals surface area contributed by atoms with E-state index < -0.39 is 5.41 Å². The third-order valence-electron chi connectivity index (χ3n) is 5.99. The van der Waals surface area contributed by atoms with Gasteiger partial charge in [-0.2, -0.15) is 0 Å². The van der Waals surface area contributed by atoms with Crippen LogP contribution < -0.4 is 9.64 Å². The molecule has 138 valence electrons. The highest BCUT2D eigenvalue weighted by Gasteiger charge is 2.78. The number of nitrogens with zero attached hydrogens (tertiary/aromatic N) is 1. The number of imide groups is 1. The minimum absolute atomic E-state index is 0.143. The fourth-order valence-corrected chi connectivity index (χ4v) is 4.77. The predicted molar refractivity (Wildman–Crippen MR) is 106 cm³/mol. The summed E-state index contributed by atoms with van der Waals surface area (Å²) in [5.41, 5.74) is 2.02. The van der Waals surface area contributed by atoms with Crippen LogP contribution in [0.25, 0.3) is 0 Å². The quantitative estimate of drug-likeness (QED) is 0.657. The molecule has 1 saturated carbocycles. The monoisotopic (exact) mass is 369 g/mol. The second kappa shape index (κ2) is 6.06. The molecule has 2 amide bonds. The smallest absolute Gasteiger partial charge is 0.239 e. The number of ether oxygens (including phenoxy) is 1. The van der Waals surface area contributed by atoms with E-state index in [4.69, 9.17) is 4.74 Å². The number of benzene rings is 3. The first-order chi connectivity index (χ1) is 13.7. The van der Waals surface area contributed by atoms with E-state index in [1.165, 1.54) is 4.90 Å². The van der Waals surface area contributed by atoms with Gasteiger partial charge in [0.1, 0.15) is 5.75 Å². The summed E-state index contributed by atoms with van der Waals surface area (Å²) in [6.45, 7) is 0. The lowest BCUT2D eigenvalue weighted by atomic mass is 9.83. The summed E-state index contributed by atoms with van der Waals surface area (Å²) in [4.78, 5) is 28.1. The first-order valence-electron chi connectivity index (χ1n) is 9.32. The molecule has 5 rings (SSSR count). The van der Waals surface area contributed by atoms with Gasteiger partial charge in [-0.25, -0.2) is 4.90 Å². The molecular weight excluding hydrogens is 350 g/mol. The zero-order valence-electron chi connectivity index (χ0n) is 15.4. The molecule has 0 bridgehead atoms. The normalized spacial score (nSPS) is 22.1. The van der Waals surface area contributed by atoms with E-state index in [1.807, 2.05) is 60.7 Å². The number of methoxy groups -OCH3 is 1. The van der Waals surface area contributed by atoms with Crippen LogP contribution in [-0.4, -0.2) is 18.9 Å². The fourth-order valence-electron chi connectivity index (χ4n) is 4.77. The Hall–Kier alpha value is -3.40. The van der Waals surface area contributed by atoms with E-state index >= 15 is 0 Å². The van der Waals surface area contributed by atoms with Gasteiger partial charge in [0.25, 0.3) is 0 Å². The Morgan fingerprint density at radius 1 is 0.750 bits per heavy atom. The number of rotatable bonds is 4. The van der Waals surface area contributed by atoms with E-state index in [9.17, 15) is 9.59 Å². The Kier molecular flexibility index (Phi) is 3.63. The van der Waals surface area contributed by atoms with Gasteiger partial charge in [0.2, 0.25) is 11.8 Å². The molecule has 3 aromatic rings. The maximum absolute atomic E-state index is 13.4. The lowest BCUT2D eigenvalue weighted by molar-refractivity contribution is -0.124. The third-order valence-corrected chi connectivity index (χ3v) is 5.99. The highest BCUT2D eigenvalue weighted by atomic mass is 16.5. The molecule has 1 heterocycles. The van der Waals surface area contributed by atoms with Gasteiger partial charge in [0.15, 0.2) is 0 Å². The molecule has 4 heteroatoms. The van der Waals surface area contributed by atoms with Gasteiger partial charge in [0.05, 0.1) is 24.6 Å². The van der Waals surface area contributed by atoms with E-state index in [2.05, 4.69) is 0 Å². The summed E-state index contributed by atoms with van der Waals surface area (Å²) in [5.74, 6) is -0.421. The number of carbonyl (C=O) groups is 2. The molecule has 0 aromatic heterocycles. The van der Waals surface area contributed by atoms with Crippen molar-refractivity contribution in [3.63, 3.8) is 0 Å². The third kappa shape index (κ3) is 2.12. The van der Waals surface area contributed by atoms with Crippen molar-refractivity contribution in [2.75, 3.05) is 12.0 Å². The van der Waals surface area contributed by atoms with Crippen molar-refractivity contribution in [1.82, 2.24) is 0 Å². The molecule has 0 spiro atoms. The van der Waals surface area contributed by atoms with E-state index in [0.29, 0.717) is 11.4 Å². The zero-order chi connectivity index (χ0) is 19.3. The van der Waals surface area contributed by atoms with Gasteiger partial charge in [0, 0.05) is 11.5 Å². The van der Waals surface area contributed by atoms with Crippen molar-refractivity contribution < 1.29 is 14.3 Å². The molecule has 1 saturated heterocycles. The number of hydrogen-bond donors (Lipinski definition) is 0. The highest BCUT2D eigenvalue weighted by Crippen LogP contribution is 2.68. The zero-order valence-corrected chi connectivity index (χ0v) is 15.4. The molecule has 0 unspecified atom stereocenters. The second-order valence-corrected chi connectivity index (χ2v) is 7.27. The summed E-state index contributed by atoms with van der Waals surface area (Å²) < 4.78 is 5.25. The molecule has 1 aliphatic heterocycles. The van der Waals surface area contributed by atoms with Crippen molar-refractivity contribution >= 4 is 17.5 Å². The van der Waals surface area contributed by atoms with Crippen LogP contribution in [0.5, 0.6) is 5.75 Å². The minimum atomic E-state index is -0.577. The second-order valence-electron chi connectivity index (χ2n) is 7.27. The van der Waals surface area contributed by atoms with E-state index in [0.717, 1.165) is 11.1 Å².